The molecule has 3 unspecified atom stereocenters. The van der Waals surface area contributed by atoms with E-state index < -0.39 is 0 Å². The summed E-state index contributed by atoms with van der Waals surface area (Å²) >= 11 is 0. The van der Waals surface area contributed by atoms with E-state index in [0.717, 1.165) is 13.0 Å². The SMILES string of the molecule is CC1OCCC1(C)N1CC(N)CC1=O. The Morgan fingerprint density at radius 2 is 2.36 bits per heavy atom. The molecule has 2 aliphatic heterocycles. The van der Waals surface area contributed by atoms with Crippen LogP contribution in [0, 0.1) is 0 Å². The number of nitrogens with zero attached hydrogens (tertiary/aromatic N) is 1. The van der Waals surface area contributed by atoms with Gasteiger partial charge in [-0.2, -0.15) is 0 Å². The summed E-state index contributed by atoms with van der Waals surface area (Å²) in [5, 5.41) is 0. The van der Waals surface area contributed by atoms with Crippen molar-refractivity contribution in [2.24, 2.45) is 5.73 Å². The van der Waals surface area contributed by atoms with Crippen LogP contribution in [0.15, 0.2) is 0 Å². The summed E-state index contributed by atoms with van der Waals surface area (Å²) in [6.07, 6.45) is 1.53. The number of ether oxygens (including phenoxy) is 1. The van der Waals surface area contributed by atoms with Crippen molar-refractivity contribution in [3.05, 3.63) is 0 Å². The van der Waals surface area contributed by atoms with Gasteiger partial charge in [-0.25, -0.2) is 0 Å². The van der Waals surface area contributed by atoms with Gasteiger partial charge in [0.05, 0.1) is 11.6 Å². The van der Waals surface area contributed by atoms with Gasteiger partial charge < -0.3 is 15.4 Å². The maximum absolute atomic E-state index is 11.7. The Kier molecular flexibility index (Phi) is 2.27. The highest BCUT2D eigenvalue weighted by Crippen LogP contribution is 2.34. The second-order valence-corrected chi connectivity index (χ2v) is 4.59. The van der Waals surface area contributed by atoms with Crippen LogP contribution in [0.3, 0.4) is 0 Å². The lowest BCUT2D eigenvalue weighted by atomic mass is 9.92. The molecule has 0 aromatic carbocycles. The quantitative estimate of drug-likeness (QED) is 0.651. The highest BCUT2D eigenvalue weighted by atomic mass is 16.5. The van der Waals surface area contributed by atoms with E-state index in [-0.39, 0.29) is 23.6 Å². The number of rotatable bonds is 1. The van der Waals surface area contributed by atoms with Gasteiger partial charge in [-0.3, -0.25) is 4.79 Å². The van der Waals surface area contributed by atoms with Crippen LogP contribution in [0.4, 0.5) is 0 Å². The fraction of sp³-hybridized carbons (Fsp3) is 0.900. The average Bonchev–Trinajstić information content (AvgIpc) is 2.59. The summed E-state index contributed by atoms with van der Waals surface area (Å²) in [5.41, 5.74) is 5.65. The largest absolute Gasteiger partial charge is 0.376 e. The lowest BCUT2D eigenvalue weighted by molar-refractivity contribution is -0.134. The Labute approximate surface area is 84.4 Å². The lowest BCUT2D eigenvalue weighted by Gasteiger charge is -2.37. The van der Waals surface area contributed by atoms with Crippen LogP contribution in [0.1, 0.15) is 26.7 Å². The van der Waals surface area contributed by atoms with Crippen molar-refractivity contribution < 1.29 is 9.53 Å². The summed E-state index contributed by atoms with van der Waals surface area (Å²) < 4.78 is 5.53. The fourth-order valence-corrected chi connectivity index (χ4v) is 2.41. The predicted molar refractivity (Wildman–Crippen MR) is 52.7 cm³/mol. The third-order valence-corrected chi connectivity index (χ3v) is 3.62. The van der Waals surface area contributed by atoms with E-state index in [2.05, 4.69) is 6.92 Å². The number of likely N-dealkylation sites (tertiary alicyclic amines) is 1. The number of hydrogen-bond acceptors (Lipinski definition) is 3. The molecule has 2 saturated heterocycles. The molecule has 2 N–H and O–H groups in total. The van der Waals surface area contributed by atoms with Crippen LogP contribution >= 0.6 is 0 Å². The maximum Gasteiger partial charge on any atom is 0.224 e. The van der Waals surface area contributed by atoms with E-state index in [0.29, 0.717) is 13.0 Å². The number of hydrogen-bond donors (Lipinski definition) is 1. The van der Waals surface area contributed by atoms with Crippen LogP contribution in [0.25, 0.3) is 0 Å². The van der Waals surface area contributed by atoms with Gasteiger partial charge >= 0.3 is 0 Å². The zero-order valence-corrected chi connectivity index (χ0v) is 8.82. The van der Waals surface area contributed by atoms with Gasteiger partial charge in [-0.1, -0.05) is 0 Å². The molecule has 0 aromatic rings. The molecule has 4 nitrogen and oxygen atoms in total. The van der Waals surface area contributed by atoms with Crippen molar-refractivity contribution in [2.45, 2.75) is 44.4 Å². The van der Waals surface area contributed by atoms with Crippen LogP contribution in [-0.4, -0.2) is 41.6 Å². The van der Waals surface area contributed by atoms with Gasteiger partial charge in [0.15, 0.2) is 0 Å². The first kappa shape index (κ1) is 9.93. The van der Waals surface area contributed by atoms with E-state index in [1.54, 1.807) is 0 Å². The van der Waals surface area contributed by atoms with E-state index >= 15 is 0 Å². The van der Waals surface area contributed by atoms with Crippen molar-refractivity contribution in [3.63, 3.8) is 0 Å². The van der Waals surface area contributed by atoms with Gasteiger partial charge in [0, 0.05) is 25.6 Å². The van der Waals surface area contributed by atoms with Crippen molar-refractivity contribution in [3.8, 4) is 0 Å². The van der Waals surface area contributed by atoms with E-state index in [4.69, 9.17) is 10.5 Å². The Balaban J connectivity index is 2.17. The predicted octanol–water partition coefficient (Wildman–Crippen LogP) is 0.113. The third kappa shape index (κ3) is 1.33. The topological polar surface area (TPSA) is 55.6 Å². The molecule has 0 aromatic heterocycles. The van der Waals surface area contributed by atoms with Crippen LogP contribution in [0.5, 0.6) is 0 Å². The van der Waals surface area contributed by atoms with Crippen LogP contribution in [0.2, 0.25) is 0 Å². The van der Waals surface area contributed by atoms with Gasteiger partial charge in [-0.05, 0) is 20.3 Å². The van der Waals surface area contributed by atoms with Gasteiger partial charge in [0.2, 0.25) is 5.91 Å². The smallest absolute Gasteiger partial charge is 0.224 e. The molecule has 0 radical (unpaired) electrons. The molecule has 2 fully saturated rings. The molecule has 4 heteroatoms. The second-order valence-electron chi connectivity index (χ2n) is 4.59. The molecule has 2 aliphatic rings. The Hall–Kier alpha value is -0.610. The highest BCUT2D eigenvalue weighted by molar-refractivity contribution is 5.80. The minimum absolute atomic E-state index is 0.00660. The van der Waals surface area contributed by atoms with E-state index in [9.17, 15) is 4.79 Å². The summed E-state index contributed by atoms with van der Waals surface area (Å²) in [7, 11) is 0. The summed E-state index contributed by atoms with van der Waals surface area (Å²) in [5.74, 6) is 0.178. The maximum atomic E-state index is 11.7. The molecule has 0 aliphatic carbocycles. The molecule has 2 rings (SSSR count). The Bertz CT molecular complexity index is 257. The number of nitrogens with two attached hydrogens (primary N) is 1. The van der Waals surface area contributed by atoms with Crippen LogP contribution < -0.4 is 5.73 Å². The fourth-order valence-electron chi connectivity index (χ4n) is 2.41. The first-order valence-electron chi connectivity index (χ1n) is 5.21. The van der Waals surface area contributed by atoms with Gasteiger partial charge in [-0.15, -0.1) is 0 Å². The molecule has 1 amide bonds. The minimum Gasteiger partial charge on any atom is -0.376 e. The zero-order valence-electron chi connectivity index (χ0n) is 8.82. The van der Waals surface area contributed by atoms with Gasteiger partial charge in [0.25, 0.3) is 0 Å². The van der Waals surface area contributed by atoms with Crippen molar-refractivity contribution in [1.82, 2.24) is 4.90 Å². The monoisotopic (exact) mass is 198 g/mol. The molecule has 0 spiro atoms. The Morgan fingerprint density at radius 3 is 2.79 bits per heavy atom. The lowest BCUT2D eigenvalue weighted by Crippen LogP contribution is -2.52. The van der Waals surface area contributed by atoms with Crippen molar-refractivity contribution in [1.29, 1.82) is 0 Å². The van der Waals surface area contributed by atoms with E-state index in [1.807, 2.05) is 11.8 Å². The molecule has 3 atom stereocenters. The summed E-state index contributed by atoms with van der Waals surface area (Å²) in [6, 6.07) is 0.00660. The normalized spacial score (nSPS) is 43.6. The number of carbonyl (C=O) groups is 1. The first-order valence-corrected chi connectivity index (χ1v) is 5.21. The number of amides is 1. The average molecular weight is 198 g/mol. The zero-order chi connectivity index (χ0) is 10.3. The first-order chi connectivity index (χ1) is 6.54. The summed E-state index contributed by atoms with van der Waals surface area (Å²) in [6.45, 7) is 5.56. The van der Waals surface area contributed by atoms with E-state index in [1.165, 1.54) is 0 Å². The molecule has 14 heavy (non-hydrogen) atoms. The molecule has 80 valence electrons. The van der Waals surface area contributed by atoms with Gasteiger partial charge in [0.1, 0.15) is 0 Å². The molecule has 2 heterocycles. The molecule has 0 bridgehead atoms. The molecular weight excluding hydrogens is 180 g/mol. The third-order valence-electron chi connectivity index (χ3n) is 3.62. The molecular formula is C10H18N2O2. The second kappa shape index (κ2) is 3.21. The highest BCUT2D eigenvalue weighted by Gasteiger charge is 2.47. The number of carbonyl (C=O) groups excluding carboxylic acids is 1. The molecule has 0 saturated carbocycles. The summed E-state index contributed by atoms with van der Waals surface area (Å²) in [4.78, 5) is 13.6. The standard InChI is InChI=1S/C10H18N2O2/c1-7-10(2,3-4-14-7)12-6-8(11)5-9(12)13/h7-8H,3-6,11H2,1-2H3. The van der Waals surface area contributed by atoms with Crippen LogP contribution in [-0.2, 0) is 9.53 Å². The van der Waals surface area contributed by atoms with Crippen molar-refractivity contribution in [2.75, 3.05) is 13.2 Å². The minimum atomic E-state index is -0.134. The Morgan fingerprint density at radius 1 is 1.64 bits per heavy atom. The van der Waals surface area contributed by atoms with Crippen molar-refractivity contribution >= 4 is 5.91 Å².